The van der Waals surface area contributed by atoms with Gasteiger partial charge in [-0.05, 0) is 17.5 Å². The van der Waals surface area contributed by atoms with Crippen molar-refractivity contribution in [3.8, 4) is 0 Å². The molecule has 1 N–H and O–H groups in total. The Hall–Kier alpha value is -0.990. The Morgan fingerprint density at radius 1 is 1.17 bits per heavy atom. The fraction of sp³-hybridized carbons (Fsp3) is 0. The first kappa shape index (κ1) is 15.1. The normalized spacial score (nSPS) is 10.9. The Balaban J connectivity index is 0.00000162. The molecule has 0 aliphatic rings. The molecule has 0 saturated carbocycles. The quantitative estimate of drug-likeness (QED) is 0.389. The van der Waals surface area contributed by atoms with Gasteiger partial charge in [-0.25, -0.2) is 0 Å². The van der Waals surface area contributed by atoms with Crippen LogP contribution in [0.4, 0.5) is 5.69 Å². The van der Waals surface area contributed by atoms with Gasteiger partial charge in [0.1, 0.15) is 4.90 Å². The maximum atomic E-state index is 11.1. The summed E-state index contributed by atoms with van der Waals surface area (Å²) in [5, 5.41) is 11.2. The van der Waals surface area contributed by atoms with Crippen molar-refractivity contribution in [1.29, 1.82) is 0 Å². The summed E-state index contributed by atoms with van der Waals surface area (Å²) >= 11 is 0. The van der Waals surface area contributed by atoms with Gasteiger partial charge in [0.25, 0.3) is 15.8 Å². The number of fused-ring (bicyclic) bond motifs is 1. The van der Waals surface area contributed by atoms with Crippen molar-refractivity contribution in [2.24, 2.45) is 0 Å². The average Bonchev–Trinajstić information content (AvgIpc) is 2.26. The summed E-state index contributed by atoms with van der Waals surface area (Å²) < 4.78 is 31.2. The molecule has 8 heteroatoms. The van der Waals surface area contributed by atoms with E-state index in [2.05, 4.69) is 0 Å². The summed E-state index contributed by atoms with van der Waals surface area (Å²) in [6, 6.07) is 7.94. The second-order valence-electron chi connectivity index (χ2n) is 3.39. The zero-order valence-corrected chi connectivity index (χ0v) is 12.2. The van der Waals surface area contributed by atoms with Crippen molar-refractivity contribution < 1.29 is 17.9 Å². The summed E-state index contributed by atoms with van der Waals surface area (Å²) in [5.41, 5.74) is -0.134. The van der Waals surface area contributed by atoms with Gasteiger partial charge in [0.2, 0.25) is 0 Å². The van der Waals surface area contributed by atoms with Crippen LogP contribution in [0.25, 0.3) is 10.8 Å². The Kier molecular flexibility index (Phi) is 4.46. The predicted molar refractivity (Wildman–Crippen MR) is 66.2 cm³/mol. The van der Waals surface area contributed by atoms with Crippen LogP contribution >= 0.6 is 0 Å². The first-order valence-corrected chi connectivity index (χ1v) is 5.98. The van der Waals surface area contributed by atoms with Crippen LogP contribution < -0.4 is 0 Å². The average molecular weight is 276 g/mol. The van der Waals surface area contributed by atoms with Gasteiger partial charge in [0.15, 0.2) is 0 Å². The molecule has 18 heavy (non-hydrogen) atoms. The molecule has 2 aromatic rings. The summed E-state index contributed by atoms with van der Waals surface area (Å²) in [6.45, 7) is 0. The van der Waals surface area contributed by atoms with Gasteiger partial charge in [-0.15, -0.1) is 0 Å². The van der Waals surface area contributed by atoms with Crippen LogP contribution in [0.1, 0.15) is 0 Å². The van der Waals surface area contributed by atoms with E-state index >= 15 is 0 Å². The minimum absolute atomic E-state index is 0. The summed E-state index contributed by atoms with van der Waals surface area (Å²) in [4.78, 5) is 9.74. The smallest absolute Gasteiger partial charge is 0.282 e. The van der Waals surface area contributed by atoms with Crippen molar-refractivity contribution in [3.05, 3.63) is 46.5 Å². The SMILES string of the molecule is O=[N+]([O-])c1ccc2c(S(=O)(=O)O)cccc2c1.[Na]. The molecule has 0 saturated heterocycles. The molecular formula is C10H7NNaO5S. The van der Waals surface area contributed by atoms with Crippen molar-refractivity contribution >= 4 is 56.1 Å². The van der Waals surface area contributed by atoms with Crippen LogP contribution in [0, 0.1) is 10.1 Å². The summed E-state index contributed by atoms with van der Waals surface area (Å²) in [7, 11) is -4.33. The number of hydrogen-bond acceptors (Lipinski definition) is 4. The second kappa shape index (κ2) is 5.33. The van der Waals surface area contributed by atoms with Gasteiger partial charge in [0.05, 0.1) is 4.92 Å². The Morgan fingerprint density at radius 2 is 1.83 bits per heavy atom. The summed E-state index contributed by atoms with van der Waals surface area (Å²) in [5.74, 6) is 0. The van der Waals surface area contributed by atoms with E-state index in [-0.39, 0.29) is 45.5 Å². The maximum absolute atomic E-state index is 11.1. The molecule has 6 nitrogen and oxygen atoms in total. The molecule has 2 aromatic carbocycles. The zero-order valence-electron chi connectivity index (χ0n) is 9.40. The third-order valence-corrected chi connectivity index (χ3v) is 3.22. The second-order valence-corrected chi connectivity index (χ2v) is 4.78. The zero-order chi connectivity index (χ0) is 12.6. The number of hydrogen-bond donors (Lipinski definition) is 1. The van der Waals surface area contributed by atoms with E-state index in [1.54, 1.807) is 0 Å². The number of nitro benzene ring substituents is 1. The van der Waals surface area contributed by atoms with Gasteiger partial charge in [-0.1, -0.05) is 12.1 Å². The van der Waals surface area contributed by atoms with Crippen molar-refractivity contribution in [3.63, 3.8) is 0 Å². The standard InChI is InChI=1S/C10H7NO5S.Na/c12-11(13)8-4-5-9-7(6-8)2-1-3-10(9)17(14,15)16;/h1-6H,(H,14,15,16);. The minimum atomic E-state index is -4.33. The van der Waals surface area contributed by atoms with Crippen LogP contribution in [0.15, 0.2) is 41.3 Å². The Labute approximate surface area is 125 Å². The maximum Gasteiger partial charge on any atom is 0.295 e. The molecule has 0 unspecified atom stereocenters. The van der Waals surface area contributed by atoms with Gasteiger partial charge >= 0.3 is 0 Å². The van der Waals surface area contributed by atoms with E-state index < -0.39 is 15.0 Å². The number of benzene rings is 2. The third-order valence-electron chi connectivity index (χ3n) is 2.31. The molecule has 0 spiro atoms. The molecule has 0 amide bonds. The van der Waals surface area contributed by atoms with Gasteiger partial charge in [0, 0.05) is 47.1 Å². The first-order chi connectivity index (χ1) is 7.89. The fourth-order valence-electron chi connectivity index (χ4n) is 1.58. The first-order valence-electron chi connectivity index (χ1n) is 4.54. The molecule has 0 fully saturated rings. The van der Waals surface area contributed by atoms with Crippen molar-refractivity contribution in [2.75, 3.05) is 0 Å². The van der Waals surface area contributed by atoms with E-state index in [0.717, 1.165) is 0 Å². The largest absolute Gasteiger partial charge is 0.295 e. The van der Waals surface area contributed by atoms with E-state index in [1.165, 1.54) is 36.4 Å². The monoisotopic (exact) mass is 276 g/mol. The Bertz CT molecular complexity index is 713. The van der Waals surface area contributed by atoms with Crippen LogP contribution in [0.5, 0.6) is 0 Å². The van der Waals surface area contributed by atoms with Gasteiger partial charge in [-0.2, -0.15) is 8.42 Å². The molecule has 1 radical (unpaired) electrons. The fourth-order valence-corrected chi connectivity index (χ4v) is 2.29. The number of rotatable bonds is 2. The molecule has 0 atom stereocenters. The van der Waals surface area contributed by atoms with Crippen LogP contribution in [0.2, 0.25) is 0 Å². The van der Waals surface area contributed by atoms with Gasteiger partial charge in [-0.3, -0.25) is 14.7 Å². The predicted octanol–water partition coefficient (Wildman–Crippen LogP) is 1.61. The summed E-state index contributed by atoms with van der Waals surface area (Å²) in [6.07, 6.45) is 0. The molecule has 0 aromatic heterocycles. The third kappa shape index (κ3) is 2.88. The molecule has 2 rings (SSSR count). The van der Waals surface area contributed by atoms with Crippen molar-refractivity contribution in [1.82, 2.24) is 0 Å². The molecule has 0 aliphatic heterocycles. The number of nitrogens with zero attached hydrogens (tertiary/aromatic N) is 1. The van der Waals surface area contributed by atoms with E-state index in [1.807, 2.05) is 0 Å². The minimum Gasteiger partial charge on any atom is -0.282 e. The van der Waals surface area contributed by atoms with Crippen molar-refractivity contribution in [2.45, 2.75) is 4.90 Å². The molecule has 0 aliphatic carbocycles. The molecule has 0 heterocycles. The van der Waals surface area contributed by atoms with Crippen LogP contribution in [0.3, 0.4) is 0 Å². The van der Waals surface area contributed by atoms with E-state index in [9.17, 15) is 18.5 Å². The number of non-ortho nitro benzene ring substituents is 1. The van der Waals surface area contributed by atoms with Crippen LogP contribution in [-0.2, 0) is 10.1 Å². The van der Waals surface area contributed by atoms with E-state index in [4.69, 9.17) is 4.55 Å². The molecular weight excluding hydrogens is 269 g/mol. The Morgan fingerprint density at radius 3 is 2.39 bits per heavy atom. The van der Waals surface area contributed by atoms with E-state index in [0.29, 0.717) is 5.39 Å². The van der Waals surface area contributed by atoms with Crippen LogP contribution in [-0.4, -0.2) is 47.5 Å². The molecule has 89 valence electrons. The molecule has 0 bridgehead atoms. The number of nitro groups is 1. The topological polar surface area (TPSA) is 97.5 Å². The van der Waals surface area contributed by atoms with Gasteiger partial charge < -0.3 is 0 Å².